The number of fused-ring (bicyclic) bond motifs is 4. The highest BCUT2D eigenvalue weighted by atomic mass is 35.5. The van der Waals surface area contributed by atoms with Crippen LogP contribution in [0.1, 0.15) is 73.3 Å². The predicted octanol–water partition coefficient (Wildman–Crippen LogP) is 8.40. The van der Waals surface area contributed by atoms with E-state index < -0.39 is 24.4 Å². The van der Waals surface area contributed by atoms with Crippen molar-refractivity contribution < 1.29 is 22.7 Å². The van der Waals surface area contributed by atoms with Crippen LogP contribution in [0.15, 0.2) is 36.5 Å². The summed E-state index contributed by atoms with van der Waals surface area (Å²) in [5.74, 6) is -0.255. The molecule has 2 aliphatic carbocycles. The topological polar surface area (TPSA) is 101 Å². The normalized spacial score (nSPS) is 23.7. The summed E-state index contributed by atoms with van der Waals surface area (Å²) in [6, 6.07) is 11.1. The monoisotopic (exact) mass is 761 g/mol. The number of nitriles is 1. The molecule has 5 atom stereocenters. The Kier molecular flexibility index (Phi) is 8.40. The van der Waals surface area contributed by atoms with Crippen LogP contribution in [-0.2, 0) is 18.3 Å². The third kappa shape index (κ3) is 5.49. The fraction of sp³-hybridized carbons (Fsp3) is 0.436. The van der Waals surface area contributed by atoms with Crippen molar-refractivity contribution in [2.24, 2.45) is 18.9 Å². The highest BCUT2D eigenvalue weighted by Crippen LogP contribution is 2.51. The van der Waals surface area contributed by atoms with E-state index in [2.05, 4.69) is 27.1 Å². The molecule has 0 radical (unpaired) electrons. The van der Waals surface area contributed by atoms with Gasteiger partial charge in [-0.3, -0.25) is 9.48 Å². The van der Waals surface area contributed by atoms with E-state index in [1.165, 1.54) is 13.2 Å². The van der Waals surface area contributed by atoms with Gasteiger partial charge in [0.15, 0.2) is 11.6 Å². The second-order valence-corrected chi connectivity index (χ2v) is 15.6. The van der Waals surface area contributed by atoms with Crippen LogP contribution in [0.25, 0.3) is 32.9 Å². The van der Waals surface area contributed by atoms with Crippen LogP contribution in [0.4, 0.5) is 13.2 Å². The molecule has 274 valence electrons. The van der Waals surface area contributed by atoms with Gasteiger partial charge in [-0.05, 0) is 62.3 Å². The number of likely N-dealkylation sites (tertiary alicyclic amines) is 1. The molecule has 53 heavy (non-hydrogen) atoms. The number of ether oxygens (including phenoxy) is 1. The van der Waals surface area contributed by atoms with E-state index in [0.29, 0.717) is 39.6 Å². The van der Waals surface area contributed by atoms with E-state index in [1.807, 2.05) is 17.9 Å². The van der Waals surface area contributed by atoms with Crippen molar-refractivity contribution in [1.29, 1.82) is 5.26 Å². The number of pyridine rings is 1. The Labute approximate surface area is 313 Å². The molecule has 2 saturated carbocycles. The van der Waals surface area contributed by atoms with Crippen molar-refractivity contribution >= 4 is 50.9 Å². The van der Waals surface area contributed by atoms with Crippen LogP contribution >= 0.6 is 23.2 Å². The number of nitrogens with one attached hydrogen (secondary N) is 1. The molecule has 14 heteroatoms. The zero-order valence-corrected chi connectivity index (χ0v) is 30.6. The van der Waals surface area contributed by atoms with Gasteiger partial charge < -0.3 is 19.5 Å². The van der Waals surface area contributed by atoms with Crippen LogP contribution in [0.3, 0.4) is 0 Å². The van der Waals surface area contributed by atoms with Crippen molar-refractivity contribution in [3.8, 4) is 22.9 Å². The van der Waals surface area contributed by atoms with E-state index in [4.69, 9.17) is 32.9 Å². The number of nitrogens with zero attached hydrogens (tertiary/aromatic N) is 6. The van der Waals surface area contributed by atoms with Crippen molar-refractivity contribution in [1.82, 2.24) is 29.5 Å². The van der Waals surface area contributed by atoms with E-state index >= 15 is 4.39 Å². The molecule has 2 aromatic carbocycles. The number of amides is 1. The molecule has 2 bridgehead atoms. The molecule has 1 amide bonds. The Hall–Kier alpha value is -4.31. The second-order valence-electron chi connectivity index (χ2n) is 14.9. The molecule has 9 nitrogen and oxygen atoms in total. The molecule has 1 N–H and O–H groups in total. The van der Waals surface area contributed by atoms with Crippen molar-refractivity contribution in [2.75, 3.05) is 13.1 Å². The predicted molar refractivity (Wildman–Crippen MR) is 195 cm³/mol. The second kappa shape index (κ2) is 12.9. The van der Waals surface area contributed by atoms with Gasteiger partial charge in [-0.15, -0.1) is 0 Å². The Balaban J connectivity index is 1.25. The number of carbonyl (C=O) groups excluding carboxylic acids is 1. The van der Waals surface area contributed by atoms with Gasteiger partial charge in [0, 0.05) is 71.7 Å². The first-order valence-corrected chi connectivity index (χ1v) is 18.8. The minimum Gasteiger partial charge on any atom is -0.485 e. The van der Waals surface area contributed by atoms with Crippen LogP contribution < -0.4 is 10.1 Å². The lowest BCUT2D eigenvalue weighted by Gasteiger charge is -2.39. The van der Waals surface area contributed by atoms with Crippen LogP contribution in [-0.4, -0.2) is 55.4 Å². The van der Waals surface area contributed by atoms with E-state index in [0.717, 1.165) is 47.1 Å². The smallest absolute Gasteiger partial charge is 0.283 e. The van der Waals surface area contributed by atoms with E-state index in [-0.39, 0.29) is 70.8 Å². The lowest BCUT2D eigenvalue weighted by molar-refractivity contribution is -0.133. The number of aryl methyl sites for hydroxylation is 3. The summed E-state index contributed by atoms with van der Waals surface area (Å²) in [5, 5.41) is 19.2. The highest BCUT2D eigenvalue weighted by molar-refractivity contribution is 6.43. The number of halogens is 5. The molecule has 5 aliphatic rings. The summed E-state index contributed by atoms with van der Waals surface area (Å²) < 4.78 is 54.9. The van der Waals surface area contributed by atoms with Gasteiger partial charge in [0.2, 0.25) is 5.91 Å². The fourth-order valence-electron chi connectivity index (χ4n) is 9.02. The van der Waals surface area contributed by atoms with Gasteiger partial charge in [-0.25, -0.2) is 18.2 Å². The van der Waals surface area contributed by atoms with Crippen molar-refractivity contribution in [2.45, 2.75) is 76.1 Å². The molecule has 5 fully saturated rings. The van der Waals surface area contributed by atoms with Crippen LogP contribution in [0, 0.1) is 35.9 Å². The summed E-state index contributed by atoms with van der Waals surface area (Å²) >= 11 is 13.1. The Morgan fingerprint density at radius 2 is 2.00 bits per heavy atom. The molecular formula is C39H36Cl2F3N7O2. The first-order chi connectivity index (χ1) is 25.5. The summed E-state index contributed by atoms with van der Waals surface area (Å²) in [6.07, 6.45) is 1.42. The molecule has 0 spiro atoms. The third-order valence-corrected chi connectivity index (χ3v) is 12.5. The fourth-order valence-corrected chi connectivity index (χ4v) is 9.41. The molecule has 0 unspecified atom stereocenters. The summed E-state index contributed by atoms with van der Waals surface area (Å²) in [4.78, 5) is 20.7. The standard InChI is InChI=1S/C39H36Cl2F3N7O2/c1-18-24-14-29(28-13-22(17-50(28)39(52)19-8-9-19)53-30-16-47-49(2)37(30)38(43)44)51(35-21-12-27(35)46-15-21)36(24)25-11-20(5-4-10-45)31(33(42)34(25)48-18)23-6-3-7-26(40)32(23)41/h3,6-7,11,14,16,19,21-22,27-28,35,38,46H,4-5,8-9,12-13,15,17H2,1-2H3/t21-,22+,27-,28-,35+/m1/s1. The molecule has 3 aromatic heterocycles. The number of aromatic nitrogens is 4. The Morgan fingerprint density at radius 1 is 1.19 bits per heavy atom. The maximum atomic E-state index is 17.2. The van der Waals surface area contributed by atoms with Gasteiger partial charge in [0.1, 0.15) is 17.3 Å². The largest absolute Gasteiger partial charge is 0.485 e. The zero-order chi connectivity index (χ0) is 36.9. The number of benzene rings is 2. The van der Waals surface area contributed by atoms with E-state index in [1.54, 1.807) is 18.2 Å². The molecular weight excluding hydrogens is 726 g/mol. The van der Waals surface area contributed by atoms with Crippen molar-refractivity contribution in [3.63, 3.8) is 0 Å². The first-order valence-electron chi connectivity index (χ1n) is 18.0. The number of alkyl halides is 2. The number of carbonyl (C=O) groups is 1. The third-order valence-electron chi connectivity index (χ3n) is 11.7. The average molecular weight is 763 g/mol. The molecule has 5 aromatic rings. The SMILES string of the molecule is Cc1nc2c(F)c(-c3cccc(Cl)c3Cl)c(CCC#N)cc2c2c1cc([C@H]1C[C@H](Oc3cnn(C)c3C(F)F)CN1C(=O)C1CC1)n2[C@H]1[C@H]2CN[C@@H]1C2. The van der Waals surface area contributed by atoms with Gasteiger partial charge in [-0.2, -0.15) is 10.4 Å². The molecule has 3 saturated heterocycles. The number of rotatable bonds is 9. The minimum atomic E-state index is -2.78. The van der Waals surface area contributed by atoms with Gasteiger partial charge in [-0.1, -0.05) is 35.3 Å². The maximum absolute atomic E-state index is 17.2. The quantitative estimate of drug-likeness (QED) is 0.162. The van der Waals surface area contributed by atoms with Gasteiger partial charge >= 0.3 is 0 Å². The number of hydrogen-bond donors (Lipinski definition) is 1. The lowest BCUT2D eigenvalue weighted by Crippen LogP contribution is -2.41. The summed E-state index contributed by atoms with van der Waals surface area (Å²) in [6.45, 7) is 2.94. The Morgan fingerprint density at radius 3 is 2.70 bits per heavy atom. The zero-order valence-electron chi connectivity index (χ0n) is 29.1. The number of hydrogen-bond acceptors (Lipinski definition) is 6. The van der Waals surface area contributed by atoms with Crippen LogP contribution in [0.2, 0.25) is 10.0 Å². The summed E-state index contributed by atoms with van der Waals surface area (Å²) in [5.41, 5.74) is 3.53. The Bertz CT molecular complexity index is 2350. The van der Waals surface area contributed by atoms with Crippen LogP contribution in [0.5, 0.6) is 5.75 Å². The van der Waals surface area contributed by atoms with E-state index in [9.17, 15) is 18.8 Å². The van der Waals surface area contributed by atoms with Gasteiger partial charge in [0.05, 0.1) is 46.5 Å². The summed E-state index contributed by atoms with van der Waals surface area (Å²) in [7, 11) is 1.45. The van der Waals surface area contributed by atoms with Crippen molar-refractivity contribution in [3.05, 3.63) is 75.0 Å². The minimum absolute atomic E-state index is 0.00998. The molecule has 10 rings (SSSR count). The average Bonchev–Trinajstić information content (AvgIpc) is 3.52. The first kappa shape index (κ1) is 34.5. The highest BCUT2D eigenvalue weighted by Gasteiger charge is 2.51. The lowest BCUT2D eigenvalue weighted by atomic mass is 9.79. The maximum Gasteiger partial charge on any atom is 0.283 e. The molecule has 6 heterocycles. The van der Waals surface area contributed by atoms with Gasteiger partial charge in [0.25, 0.3) is 6.43 Å². The molecule has 3 aliphatic heterocycles.